The van der Waals surface area contributed by atoms with Crippen LogP contribution in [0, 0.1) is 6.92 Å². The van der Waals surface area contributed by atoms with Crippen LogP contribution in [-0.4, -0.2) is 13.2 Å². The van der Waals surface area contributed by atoms with Gasteiger partial charge in [-0.2, -0.15) is 0 Å². The number of benzene rings is 1. The molecular weight excluding hydrogens is 186 g/mol. The first-order valence-corrected chi connectivity index (χ1v) is 5.77. The highest BCUT2D eigenvalue weighted by atomic mass is 16.5. The van der Waals surface area contributed by atoms with Crippen LogP contribution in [0.15, 0.2) is 12.1 Å². The number of fused-ring (bicyclic) bond motifs is 1. The topological polar surface area (TPSA) is 35.2 Å². The number of hydrogen-bond donors (Lipinski definition) is 1. The number of ether oxygens (including phenoxy) is 1. The fraction of sp³-hybridized carbons (Fsp3) is 0.538. The maximum atomic E-state index is 5.54. The quantitative estimate of drug-likeness (QED) is 0.765. The second-order valence-electron chi connectivity index (χ2n) is 4.17. The van der Waals surface area contributed by atoms with Crippen LogP contribution in [0.4, 0.5) is 0 Å². The Bertz CT molecular complexity index is 347. The van der Waals surface area contributed by atoms with Crippen molar-refractivity contribution in [1.29, 1.82) is 0 Å². The molecule has 0 aromatic heterocycles. The average molecular weight is 205 g/mol. The molecule has 1 aliphatic rings. The van der Waals surface area contributed by atoms with E-state index < -0.39 is 0 Å². The summed E-state index contributed by atoms with van der Waals surface area (Å²) >= 11 is 0. The zero-order valence-electron chi connectivity index (χ0n) is 9.38. The molecule has 0 saturated carbocycles. The zero-order chi connectivity index (χ0) is 10.7. The molecule has 0 saturated heterocycles. The fourth-order valence-electron chi connectivity index (χ4n) is 2.22. The van der Waals surface area contributed by atoms with Gasteiger partial charge in [-0.15, -0.1) is 0 Å². The van der Waals surface area contributed by atoms with Gasteiger partial charge < -0.3 is 10.5 Å². The number of aryl methyl sites for hydroxylation is 1. The van der Waals surface area contributed by atoms with Crippen molar-refractivity contribution in [2.24, 2.45) is 5.73 Å². The Hall–Kier alpha value is -1.02. The first-order valence-electron chi connectivity index (χ1n) is 5.77. The van der Waals surface area contributed by atoms with E-state index in [2.05, 4.69) is 19.1 Å². The lowest BCUT2D eigenvalue weighted by atomic mass is 9.97. The normalized spacial score (nSPS) is 13.7. The van der Waals surface area contributed by atoms with Gasteiger partial charge in [0, 0.05) is 12.0 Å². The lowest BCUT2D eigenvalue weighted by molar-refractivity contribution is 0.357. The van der Waals surface area contributed by atoms with Gasteiger partial charge in [-0.1, -0.05) is 6.07 Å². The van der Waals surface area contributed by atoms with E-state index in [0.29, 0.717) is 0 Å². The maximum Gasteiger partial charge on any atom is 0.122 e. The van der Waals surface area contributed by atoms with Crippen molar-refractivity contribution in [2.75, 3.05) is 13.2 Å². The largest absolute Gasteiger partial charge is 0.493 e. The molecule has 0 radical (unpaired) electrons. The lowest BCUT2D eigenvalue weighted by Crippen LogP contribution is -2.00. The van der Waals surface area contributed by atoms with Crippen LogP contribution in [0.1, 0.15) is 29.5 Å². The highest BCUT2D eigenvalue weighted by Gasteiger charge is 2.15. The zero-order valence-corrected chi connectivity index (χ0v) is 9.38. The molecule has 2 rings (SSSR count). The molecule has 1 aromatic rings. The van der Waals surface area contributed by atoms with Gasteiger partial charge in [0.2, 0.25) is 0 Å². The summed E-state index contributed by atoms with van der Waals surface area (Å²) in [5.41, 5.74) is 9.82. The molecule has 0 unspecified atom stereocenters. The van der Waals surface area contributed by atoms with Crippen molar-refractivity contribution < 1.29 is 4.74 Å². The first kappa shape index (κ1) is 10.5. The molecule has 0 spiro atoms. The molecule has 0 bridgehead atoms. The Kier molecular flexibility index (Phi) is 3.27. The van der Waals surface area contributed by atoms with E-state index in [1.54, 1.807) is 0 Å². The van der Waals surface area contributed by atoms with Crippen molar-refractivity contribution in [3.63, 3.8) is 0 Å². The van der Waals surface area contributed by atoms with Crippen molar-refractivity contribution >= 4 is 0 Å². The monoisotopic (exact) mass is 205 g/mol. The van der Waals surface area contributed by atoms with Crippen molar-refractivity contribution in [3.05, 3.63) is 28.8 Å². The molecule has 2 heteroatoms. The van der Waals surface area contributed by atoms with Crippen LogP contribution in [0.5, 0.6) is 5.75 Å². The highest BCUT2D eigenvalue weighted by molar-refractivity contribution is 5.46. The third-order valence-corrected chi connectivity index (χ3v) is 3.18. The fourth-order valence-corrected chi connectivity index (χ4v) is 2.22. The second kappa shape index (κ2) is 4.67. The molecule has 1 aromatic carbocycles. The lowest BCUT2D eigenvalue weighted by Gasteiger charge is -2.09. The molecule has 82 valence electrons. The summed E-state index contributed by atoms with van der Waals surface area (Å²) in [6, 6.07) is 4.32. The van der Waals surface area contributed by atoms with E-state index in [1.807, 2.05) is 0 Å². The van der Waals surface area contributed by atoms with Crippen molar-refractivity contribution in [2.45, 2.75) is 32.6 Å². The van der Waals surface area contributed by atoms with Crippen LogP contribution in [-0.2, 0) is 12.8 Å². The summed E-state index contributed by atoms with van der Waals surface area (Å²) in [4.78, 5) is 0. The predicted molar refractivity (Wildman–Crippen MR) is 62.4 cm³/mol. The average Bonchev–Trinajstić information content (AvgIpc) is 2.70. The first-order chi connectivity index (χ1) is 7.33. The Balaban J connectivity index is 2.12. The van der Waals surface area contributed by atoms with Gasteiger partial charge in [0.1, 0.15) is 5.75 Å². The van der Waals surface area contributed by atoms with E-state index in [0.717, 1.165) is 38.2 Å². The Labute approximate surface area is 91.4 Å². The molecule has 0 aliphatic carbocycles. The van der Waals surface area contributed by atoms with Gasteiger partial charge >= 0.3 is 0 Å². The number of rotatable bonds is 4. The SMILES string of the molecule is Cc1c(CCCCN)ccc2c1CCO2. The smallest absolute Gasteiger partial charge is 0.122 e. The molecule has 2 N–H and O–H groups in total. The second-order valence-corrected chi connectivity index (χ2v) is 4.17. The van der Waals surface area contributed by atoms with Gasteiger partial charge in [-0.3, -0.25) is 0 Å². The van der Waals surface area contributed by atoms with Gasteiger partial charge in [0.15, 0.2) is 0 Å². The van der Waals surface area contributed by atoms with Crippen molar-refractivity contribution in [1.82, 2.24) is 0 Å². The minimum Gasteiger partial charge on any atom is -0.493 e. The van der Waals surface area contributed by atoms with Crippen molar-refractivity contribution in [3.8, 4) is 5.75 Å². The van der Waals surface area contributed by atoms with E-state index >= 15 is 0 Å². The Morgan fingerprint density at radius 3 is 3.00 bits per heavy atom. The number of nitrogens with two attached hydrogens (primary N) is 1. The molecule has 0 amide bonds. The van der Waals surface area contributed by atoms with Gasteiger partial charge in [0.25, 0.3) is 0 Å². The standard InChI is InChI=1S/C13H19NO/c1-10-11(4-2-3-8-14)5-6-13-12(10)7-9-15-13/h5-6H,2-4,7-9,14H2,1H3. The van der Waals surface area contributed by atoms with E-state index in [-0.39, 0.29) is 0 Å². The minimum atomic E-state index is 0.799. The molecule has 0 fully saturated rings. The van der Waals surface area contributed by atoms with Crippen LogP contribution in [0.25, 0.3) is 0 Å². The molecule has 15 heavy (non-hydrogen) atoms. The summed E-state index contributed by atoms with van der Waals surface area (Å²) in [7, 11) is 0. The predicted octanol–water partition coefficient (Wildman–Crippen LogP) is 2.21. The van der Waals surface area contributed by atoms with Gasteiger partial charge in [-0.05, 0) is 49.9 Å². The summed E-state index contributed by atoms with van der Waals surface area (Å²) in [5, 5.41) is 0. The van der Waals surface area contributed by atoms with Crippen LogP contribution in [0.3, 0.4) is 0 Å². The summed E-state index contributed by atoms with van der Waals surface area (Å²) in [6.45, 7) is 3.86. The van der Waals surface area contributed by atoms with Gasteiger partial charge in [-0.25, -0.2) is 0 Å². The van der Waals surface area contributed by atoms with E-state index in [9.17, 15) is 0 Å². The Morgan fingerprint density at radius 2 is 2.20 bits per heavy atom. The summed E-state index contributed by atoms with van der Waals surface area (Å²) in [5.74, 6) is 1.09. The number of hydrogen-bond acceptors (Lipinski definition) is 2. The minimum absolute atomic E-state index is 0.799. The molecule has 1 aliphatic heterocycles. The molecular formula is C13H19NO. The molecule has 1 heterocycles. The third kappa shape index (κ3) is 2.15. The van der Waals surface area contributed by atoms with E-state index in [4.69, 9.17) is 10.5 Å². The molecule has 0 atom stereocenters. The third-order valence-electron chi connectivity index (χ3n) is 3.18. The highest BCUT2D eigenvalue weighted by Crippen LogP contribution is 2.30. The van der Waals surface area contributed by atoms with E-state index in [1.165, 1.54) is 23.1 Å². The van der Waals surface area contributed by atoms with Gasteiger partial charge in [0.05, 0.1) is 6.61 Å². The summed E-state index contributed by atoms with van der Waals surface area (Å²) < 4.78 is 5.54. The van der Waals surface area contributed by atoms with Crippen LogP contribution in [0.2, 0.25) is 0 Å². The maximum absolute atomic E-state index is 5.54. The Morgan fingerprint density at radius 1 is 1.33 bits per heavy atom. The summed E-state index contributed by atoms with van der Waals surface area (Å²) in [6.07, 6.45) is 4.53. The number of unbranched alkanes of at least 4 members (excludes halogenated alkanes) is 1. The van der Waals surface area contributed by atoms with Crippen LogP contribution >= 0.6 is 0 Å². The van der Waals surface area contributed by atoms with Crippen LogP contribution < -0.4 is 10.5 Å². The molecule has 2 nitrogen and oxygen atoms in total.